The number of benzene rings is 1. The summed E-state index contributed by atoms with van der Waals surface area (Å²) in [5.74, 6) is -0.423. The zero-order chi connectivity index (χ0) is 14.0. The van der Waals surface area contributed by atoms with Crippen LogP contribution in [0.25, 0.3) is 0 Å². The van der Waals surface area contributed by atoms with E-state index in [2.05, 4.69) is 36.8 Å². The Morgan fingerprint density at radius 2 is 1.95 bits per heavy atom. The van der Waals surface area contributed by atoms with Crippen molar-refractivity contribution >= 4 is 37.8 Å². The lowest BCUT2D eigenvalue weighted by Crippen LogP contribution is -2.15. The van der Waals surface area contributed by atoms with Crippen LogP contribution in [-0.4, -0.2) is 22.6 Å². The Labute approximate surface area is 128 Å². The quantitative estimate of drug-likeness (QED) is 0.752. The minimum absolute atomic E-state index is 0.0384. The van der Waals surface area contributed by atoms with Crippen molar-refractivity contribution in [3.05, 3.63) is 50.9 Å². The van der Waals surface area contributed by atoms with Gasteiger partial charge in [0.05, 0.1) is 13.2 Å². The molecule has 0 aliphatic rings. The van der Waals surface area contributed by atoms with E-state index in [0.717, 1.165) is 5.56 Å². The normalized spacial score (nSPS) is 12.2. The molecule has 0 saturated carbocycles. The first-order valence-electron chi connectivity index (χ1n) is 5.62. The van der Waals surface area contributed by atoms with Gasteiger partial charge in [0.15, 0.2) is 10.4 Å². The highest BCUT2D eigenvalue weighted by atomic mass is 79.9. The third-order valence-electron chi connectivity index (χ3n) is 2.87. The lowest BCUT2D eigenvalue weighted by Gasteiger charge is -2.17. The van der Waals surface area contributed by atoms with Gasteiger partial charge in [-0.3, -0.25) is 0 Å². The molecule has 0 unspecified atom stereocenters. The molecule has 1 aromatic heterocycles. The van der Waals surface area contributed by atoms with E-state index in [4.69, 9.17) is 4.74 Å². The Hall–Kier alpha value is -1.14. The van der Waals surface area contributed by atoms with Crippen LogP contribution in [0.1, 0.15) is 29.0 Å². The van der Waals surface area contributed by atoms with Gasteiger partial charge in [-0.25, -0.2) is 9.78 Å². The standard InChI is InChI=1S/C13H12Br2N2O2/c1-8(9-6-4-3-5-7-9)17-10(12(18)19-2)11(14)16-13(17)15/h3-8H,1-2H3/t8-/m1/s1. The van der Waals surface area contributed by atoms with Crippen molar-refractivity contribution in [1.82, 2.24) is 9.55 Å². The molecule has 2 rings (SSSR count). The van der Waals surface area contributed by atoms with Crippen LogP contribution in [0.3, 0.4) is 0 Å². The highest BCUT2D eigenvalue weighted by Crippen LogP contribution is 2.29. The molecule has 0 N–H and O–H groups in total. The molecule has 100 valence electrons. The number of rotatable bonds is 3. The molecule has 4 nitrogen and oxygen atoms in total. The predicted molar refractivity (Wildman–Crippen MR) is 79.2 cm³/mol. The number of nitrogens with zero attached hydrogens (tertiary/aromatic N) is 2. The number of carbonyl (C=O) groups excluding carboxylic acids is 1. The van der Waals surface area contributed by atoms with Gasteiger partial charge in [0, 0.05) is 0 Å². The molecule has 0 spiro atoms. The fourth-order valence-corrected chi connectivity index (χ4v) is 3.31. The van der Waals surface area contributed by atoms with Gasteiger partial charge in [0.2, 0.25) is 0 Å². The van der Waals surface area contributed by atoms with Crippen molar-refractivity contribution in [3.63, 3.8) is 0 Å². The van der Waals surface area contributed by atoms with E-state index in [0.29, 0.717) is 15.0 Å². The fourth-order valence-electron chi connectivity index (χ4n) is 1.89. The summed E-state index contributed by atoms with van der Waals surface area (Å²) in [6.07, 6.45) is 0. The topological polar surface area (TPSA) is 44.1 Å². The summed E-state index contributed by atoms with van der Waals surface area (Å²) in [4.78, 5) is 16.1. The van der Waals surface area contributed by atoms with Crippen molar-refractivity contribution in [2.24, 2.45) is 0 Å². The molecule has 1 heterocycles. The molecule has 0 bridgehead atoms. The Bertz CT molecular complexity index is 596. The Morgan fingerprint density at radius 3 is 2.53 bits per heavy atom. The summed E-state index contributed by atoms with van der Waals surface area (Å²) in [5.41, 5.74) is 1.48. The summed E-state index contributed by atoms with van der Waals surface area (Å²) in [6.45, 7) is 2.00. The molecule has 1 aromatic carbocycles. The highest BCUT2D eigenvalue weighted by molar-refractivity contribution is 9.11. The van der Waals surface area contributed by atoms with Gasteiger partial charge < -0.3 is 9.30 Å². The minimum atomic E-state index is -0.423. The second-order valence-electron chi connectivity index (χ2n) is 3.97. The third-order valence-corrected chi connectivity index (χ3v) is 3.99. The number of halogens is 2. The second kappa shape index (κ2) is 5.88. The van der Waals surface area contributed by atoms with Crippen molar-refractivity contribution in [2.45, 2.75) is 13.0 Å². The maximum absolute atomic E-state index is 11.9. The molecule has 0 amide bonds. The molecule has 0 aliphatic carbocycles. The SMILES string of the molecule is COC(=O)c1c(Br)nc(Br)n1[C@H](C)c1ccccc1. The third kappa shape index (κ3) is 2.74. The molecule has 2 aromatic rings. The smallest absolute Gasteiger partial charge is 0.357 e. The number of methoxy groups -OCH3 is 1. The summed E-state index contributed by atoms with van der Waals surface area (Å²) in [6, 6.07) is 9.85. The maximum Gasteiger partial charge on any atom is 0.357 e. The van der Waals surface area contributed by atoms with Gasteiger partial charge in [0.25, 0.3) is 0 Å². The number of esters is 1. The number of imidazole rings is 1. The largest absolute Gasteiger partial charge is 0.464 e. The lowest BCUT2D eigenvalue weighted by atomic mass is 10.1. The molecule has 0 fully saturated rings. The predicted octanol–water partition coefficient (Wildman–Crippen LogP) is 3.80. The number of ether oxygens (including phenoxy) is 1. The van der Waals surface area contributed by atoms with Crippen LogP contribution in [-0.2, 0) is 4.74 Å². The van der Waals surface area contributed by atoms with Gasteiger partial charge >= 0.3 is 5.97 Å². The Morgan fingerprint density at radius 1 is 1.32 bits per heavy atom. The molecular formula is C13H12Br2N2O2. The molecular weight excluding hydrogens is 376 g/mol. The minimum Gasteiger partial charge on any atom is -0.464 e. The first kappa shape index (κ1) is 14.3. The summed E-state index contributed by atoms with van der Waals surface area (Å²) in [7, 11) is 1.35. The van der Waals surface area contributed by atoms with Gasteiger partial charge in [-0.05, 0) is 44.3 Å². The number of hydrogen-bond acceptors (Lipinski definition) is 3. The monoisotopic (exact) mass is 386 g/mol. The van der Waals surface area contributed by atoms with Crippen molar-refractivity contribution < 1.29 is 9.53 Å². The van der Waals surface area contributed by atoms with E-state index in [-0.39, 0.29) is 6.04 Å². The first-order valence-corrected chi connectivity index (χ1v) is 7.21. The zero-order valence-corrected chi connectivity index (χ0v) is 13.6. The van der Waals surface area contributed by atoms with Gasteiger partial charge in [0.1, 0.15) is 4.60 Å². The van der Waals surface area contributed by atoms with Crippen LogP contribution in [0.4, 0.5) is 0 Å². The van der Waals surface area contributed by atoms with Crippen LogP contribution < -0.4 is 0 Å². The molecule has 0 radical (unpaired) electrons. The van der Waals surface area contributed by atoms with E-state index in [1.54, 1.807) is 4.57 Å². The van der Waals surface area contributed by atoms with E-state index < -0.39 is 5.97 Å². The van der Waals surface area contributed by atoms with Crippen LogP contribution >= 0.6 is 31.9 Å². The average Bonchev–Trinajstić information content (AvgIpc) is 2.72. The van der Waals surface area contributed by atoms with E-state index >= 15 is 0 Å². The van der Waals surface area contributed by atoms with Crippen molar-refractivity contribution in [2.75, 3.05) is 7.11 Å². The summed E-state index contributed by atoms with van der Waals surface area (Å²) >= 11 is 6.66. The van der Waals surface area contributed by atoms with Crippen LogP contribution in [0.15, 0.2) is 39.7 Å². The summed E-state index contributed by atoms with van der Waals surface area (Å²) < 4.78 is 7.65. The van der Waals surface area contributed by atoms with Crippen LogP contribution in [0.5, 0.6) is 0 Å². The number of hydrogen-bond donors (Lipinski definition) is 0. The van der Waals surface area contributed by atoms with Crippen LogP contribution in [0.2, 0.25) is 0 Å². The lowest BCUT2D eigenvalue weighted by molar-refractivity contribution is 0.0586. The van der Waals surface area contributed by atoms with Crippen molar-refractivity contribution in [1.29, 1.82) is 0 Å². The van der Waals surface area contributed by atoms with E-state index in [1.165, 1.54) is 7.11 Å². The van der Waals surface area contributed by atoms with Gasteiger partial charge in [-0.1, -0.05) is 30.3 Å². The highest BCUT2D eigenvalue weighted by Gasteiger charge is 2.25. The number of carbonyl (C=O) groups is 1. The van der Waals surface area contributed by atoms with Crippen LogP contribution in [0, 0.1) is 0 Å². The Kier molecular flexibility index (Phi) is 4.42. The first-order chi connectivity index (χ1) is 9.06. The van der Waals surface area contributed by atoms with Crippen molar-refractivity contribution in [3.8, 4) is 0 Å². The van der Waals surface area contributed by atoms with Gasteiger partial charge in [-0.2, -0.15) is 0 Å². The summed E-state index contributed by atoms with van der Waals surface area (Å²) in [5, 5.41) is 0. The number of aromatic nitrogens is 2. The fraction of sp³-hybridized carbons (Fsp3) is 0.231. The molecule has 0 saturated heterocycles. The molecule has 6 heteroatoms. The Balaban J connectivity index is 2.53. The van der Waals surface area contributed by atoms with E-state index in [1.807, 2.05) is 37.3 Å². The zero-order valence-electron chi connectivity index (χ0n) is 10.4. The molecule has 1 atom stereocenters. The molecule has 0 aliphatic heterocycles. The molecule has 19 heavy (non-hydrogen) atoms. The maximum atomic E-state index is 11.9. The average molecular weight is 388 g/mol. The second-order valence-corrected chi connectivity index (χ2v) is 5.43. The van der Waals surface area contributed by atoms with Gasteiger partial charge in [-0.15, -0.1) is 0 Å². The van der Waals surface area contributed by atoms with E-state index in [9.17, 15) is 4.79 Å².